The van der Waals surface area contributed by atoms with Gasteiger partial charge in [0.1, 0.15) is 0 Å². The normalized spacial score (nSPS) is 10.5. The molecule has 3 nitrogen and oxygen atoms in total. The minimum atomic E-state index is -0.807. The smallest absolute Gasteiger partial charge is 0.307 e. The molecule has 1 heterocycles. The van der Waals surface area contributed by atoms with Gasteiger partial charge in [0.25, 0.3) is 0 Å². The third-order valence-corrected chi connectivity index (χ3v) is 2.59. The van der Waals surface area contributed by atoms with Crippen LogP contribution in [0.3, 0.4) is 0 Å². The molecule has 0 spiro atoms. The van der Waals surface area contributed by atoms with Gasteiger partial charge in [0, 0.05) is 11.6 Å². The molecule has 0 radical (unpaired) electrons. The number of hydrogen-bond donors (Lipinski definition) is 1. The second-order valence-corrected chi connectivity index (χ2v) is 3.56. The lowest BCUT2D eigenvalue weighted by atomic mass is 10.1. The Morgan fingerprint density at radius 2 is 2.38 bits per heavy atom. The van der Waals surface area contributed by atoms with E-state index in [1.54, 1.807) is 6.20 Å². The van der Waals surface area contributed by atoms with Crippen molar-refractivity contribution in [2.75, 3.05) is 0 Å². The topological polar surface area (TPSA) is 50.2 Å². The summed E-state index contributed by atoms with van der Waals surface area (Å²) in [6.07, 6.45) is 1.79. The number of hydrogen-bond acceptors (Lipinski definition) is 3. The Morgan fingerprint density at radius 3 is 3.15 bits per heavy atom. The molecule has 0 fully saturated rings. The van der Waals surface area contributed by atoms with E-state index < -0.39 is 5.97 Å². The molecule has 66 valence electrons. The first kappa shape index (κ1) is 8.19. The number of fused-ring (bicyclic) bond motifs is 1. The maximum Gasteiger partial charge on any atom is 0.307 e. The first-order valence-corrected chi connectivity index (χ1v) is 4.59. The Kier molecular flexibility index (Phi) is 1.98. The van der Waals surface area contributed by atoms with Gasteiger partial charge in [0.05, 0.1) is 11.1 Å². The molecule has 0 saturated carbocycles. The molecule has 0 atom stereocenters. The van der Waals surface area contributed by atoms with Gasteiger partial charge >= 0.3 is 5.97 Å². The zero-order valence-corrected chi connectivity index (χ0v) is 7.54. The Morgan fingerprint density at radius 1 is 1.54 bits per heavy atom. The first-order chi connectivity index (χ1) is 6.27. The molecule has 0 saturated heterocycles. The third kappa shape index (κ3) is 1.53. The molecule has 0 aliphatic heterocycles. The van der Waals surface area contributed by atoms with Gasteiger partial charge in [-0.25, -0.2) is 0 Å². The van der Waals surface area contributed by atoms with Crippen LogP contribution in [-0.2, 0) is 11.2 Å². The van der Waals surface area contributed by atoms with E-state index in [0.29, 0.717) is 0 Å². The highest BCUT2D eigenvalue weighted by Crippen LogP contribution is 2.21. The highest BCUT2D eigenvalue weighted by molar-refractivity contribution is 7.13. The maximum atomic E-state index is 10.5. The van der Waals surface area contributed by atoms with Crippen LogP contribution in [0.2, 0.25) is 0 Å². The fourth-order valence-electron chi connectivity index (χ4n) is 1.27. The molecule has 2 aromatic rings. The summed E-state index contributed by atoms with van der Waals surface area (Å²) in [6.45, 7) is 0. The van der Waals surface area contributed by atoms with Crippen LogP contribution in [-0.4, -0.2) is 15.4 Å². The van der Waals surface area contributed by atoms with Gasteiger partial charge in [-0.1, -0.05) is 12.1 Å². The summed E-state index contributed by atoms with van der Waals surface area (Å²) in [4.78, 5) is 10.5. The van der Waals surface area contributed by atoms with Crippen molar-refractivity contribution >= 4 is 27.6 Å². The quantitative estimate of drug-likeness (QED) is 0.792. The SMILES string of the molecule is O=C(O)Cc1cccc2sncc12. The summed E-state index contributed by atoms with van der Waals surface area (Å²) in [5.74, 6) is -0.807. The Hall–Kier alpha value is -1.42. The van der Waals surface area contributed by atoms with Gasteiger partial charge in [-0.2, -0.15) is 4.37 Å². The van der Waals surface area contributed by atoms with Crippen LogP contribution >= 0.6 is 11.5 Å². The molecule has 0 aliphatic carbocycles. The number of nitrogens with zero attached hydrogens (tertiary/aromatic N) is 1. The molecule has 1 aromatic carbocycles. The van der Waals surface area contributed by atoms with Crippen LogP contribution < -0.4 is 0 Å². The Balaban J connectivity index is 2.54. The van der Waals surface area contributed by atoms with Crippen LogP contribution in [0.15, 0.2) is 24.4 Å². The molecule has 4 heteroatoms. The lowest BCUT2D eigenvalue weighted by Crippen LogP contribution is -1.99. The number of carboxylic acids is 1. The van der Waals surface area contributed by atoms with Crippen molar-refractivity contribution in [2.24, 2.45) is 0 Å². The van der Waals surface area contributed by atoms with Gasteiger partial charge in [0.15, 0.2) is 0 Å². The lowest BCUT2D eigenvalue weighted by Gasteiger charge is -1.97. The number of carboxylic acid groups (broad SMARTS) is 1. The zero-order valence-electron chi connectivity index (χ0n) is 6.73. The van der Waals surface area contributed by atoms with Crippen molar-refractivity contribution in [1.82, 2.24) is 4.37 Å². The third-order valence-electron chi connectivity index (χ3n) is 1.83. The van der Waals surface area contributed by atoms with E-state index in [0.717, 1.165) is 15.6 Å². The number of aromatic nitrogens is 1. The number of aliphatic carboxylic acids is 1. The van der Waals surface area contributed by atoms with E-state index >= 15 is 0 Å². The average Bonchev–Trinajstić information content (AvgIpc) is 2.51. The van der Waals surface area contributed by atoms with Crippen molar-refractivity contribution in [1.29, 1.82) is 0 Å². The first-order valence-electron chi connectivity index (χ1n) is 3.81. The van der Waals surface area contributed by atoms with E-state index in [1.165, 1.54) is 11.5 Å². The Bertz CT molecular complexity index is 450. The predicted molar refractivity (Wildman–Crippen MR) is 51.0 cm³/mol. The standard InChI is InChI=1S/C9H7NO2S/c11-9(12)4-6-2-1-3-8-7(6)5-10-13-8/h1-3,5H,4H2,(H,11,12). The number of rotatable bonds is 2. The van der Waals surface area contributed by atoms with Gasteiger partial charge in [-0.15, -0.1) is 0 Å². The van der Waals surface area contributed by atoms with Gasteiger partial charge in [-0.3, -0.25) is 4.79 Å². The van der Waals surface area contributed by atoms with Crippen molar-refractivity contribution in [3.05, 3.63) is 30.0 Å². The maximum absolute atomic E-state index is 10.5. The molecule has 1 aromatic heterocycles. The fraction of sp³-hybridized carbons (Fsp3) is 0.111. The number of carbonyl (C=O) groups is 1. The largest absolute Gasteiger partial charge is 0.481 e. The molecule has 0 amide bonds. The van der Waals surface area contributed by atoms with Crippen molar-refractivity contribution in [3.8, 4) is 0 Å². The molecule has 0 bridgehead atoms. The molecule has 2 rings (SSSR count). The lowest BCUT2D eigenvalue weighted by molar-refractivity contribution is -0.136. The molecule has 0 aliphatic rings. The van der Waals surface area contributed by atoms with E-state index in [1.807, 2.05) is 18.2 Å². The van der Waals surface area contributed by atoms with Crippen LogP contribution in [0.25, 0.3) is 10.1 Å². The molecule has 13 heavy (non-hydrogen) atoms. The summed E-state index contributed by atoms with van der Waals surface area (Å²) in [5, 5.41) is 9.60. The van der Waals surface area contributed by atoms with Gasteiger partial charge in [-0.05, 0) is 23.2 Å². The van der Waals surface area contributed by atoms with E-state index in [2.05, 4.69) is 4.37 Å². The average molecular weight is 193 g/mol. The number of benzene rings is 1. The van der Waals surface area contributed by atoms with Crippen molar-refractivity contribution in [2.45, 2.75) is 6.42 Å². The zero-order chi connectivity index (χ0) is 9.26. The fourth-order valence-corrected chi connectivity index (χ4v) is 1.96. The van der Waals surface area contributed by atoms with Crippen LogP contribution in [0, 0.1) is 0 Å². The minimum Gasteiger partial charge on any atom is -0.481 e. The van der Waals surface area contributed by atoms with Crippen LogP contribution in [0.4, 0.5) is 0 Å². The van der Waals surface area contributed by atoms with Crippen LogP contribution in [0.1, 0.15) is 5.56 Å². The van der Waals surface area contributed by atoms with E-state index in [4.69, 9.17) is 5.11 Å². The summed E-state index contributed by atoms with van der Waals surface area (Å²) >= 11 is 1.39. The predicted octanol–water partition coefficient (Wildman–Crippen LogP) is 1.92. The summed E-state index contributed by atoms with van der Waals surface area (Å²) in [7, 11) is 0. The monoisotopic (exact) mass is 193 g/mol. The molecular weight excluding hydrogens is 186 g/mol. The molecular formula is C9H7NO2S. The second kappa shape index (κ2) is 3.14. The van der Waals surface area contributed by atoms with E-state index in [9.17, 15) is 4.79 Å². The highest BCUT2D eigenvalue weighted by Gasteiger charge is 2.05. The van der Waals surface area contributed by atoms with Gasteiger partial charge in [0.2, 0.25) is 0 Å². The molecule has 0 unspecified atom stereocenters. The second-order valence-electron chi connectivity index (χ2n) is 2.73. The van der Waals surface area contributed by atoms with Crippen molar-refractivity contribution < 1.29 is 9.90 Å². The summed E-state index contributed by atoms with van der Waals surface area (Å²) in [5.41, 5.74) is 0.832. The van der Waals surface area contributed by atoms with Crippen molar-refractivity contribution in [3.63, 3.8) is 0 Å². The minimum absolute atomic E-state index is 0.0652. The Labute approximate surface area is 78.8 Å². The highest BCUT2D eigenvalue weighted by atomic mass is 32.1. The molecule has 1 N–H and O–H groups in total. The van der Waals surface area contributed by atoms with Gasteiger partial charge < -0.3 is 5.11 Å². The summed E-state index contributed by atoms with van der Waals surface area (Å²) < 4.78 is 5.06. The van der Waals surface area contributed by atoms with Crippen LogP contribution in [0.5, 0.6) is 0 Å². The van der Waals surface area contributed by atoms with E-state index in [-0.39, 0.29) is 6.42 Å². The summed E-state index contributed by atoms with van der Waals surface area (Å²) in [6, 6.07) is 5.63.